The van der Waals surface area contributed by atoms with E-state index in [-0.39, 0.29) is 17.7 Å². The molecule has 104 valence electrons. The van der Waals surface area contributed by atoms with Crippen LogP contribution >= 0.6 is 0 Å². The molecule has 0 fully saturated rings. The lowest BCUT2D eigenvalue weighted by Crippen LogP contribution is -2.46. The van der Waals surface area contributed by atoms with Gasteiger partial charge in [-0.25, -0.2) is 0 Å². The number of aliphatic hydroxyl groups is 1. The van der Waals surface area contributed by atoms with Crippen LogP contribution in [0.2, 0.25) is 0 Å². The molecule has 20 heavy (non-hydrogen) atoms. The largest absolute Gasteiger partial charge is 0.394 e. The molecule has 0 aliphatic carbocycles. The summed E-state index contributed by atoms with van der Waals surface area (Å²) >= 11 is 0. The van der Waals surface area contributed by atoms with E-state index in [9.17, 15) is 14.7 Å². The Morgan fingerprint density at radius 1 is 1.30 bits per heavy atom. The molecule has 1 atom stereocenters. The first kappa shape index (κ1) is 14.0. The van der Waals surface area contributed by atoms with E-state index in [1.807, 2.05) is 30.3 Å². The number of aliphatic hydroxyl groups excluding tert-OH is 1. The van der Waals surface area contributed by atoms with Crippen molar-refractivity contribution in [1.29, 1.82) is 0 Å². The number of H-pyrrole nitrogens is 1. The normalized spacial score (nSPS) is 13.5. The molecule has 0 bridgehead atoms. The molecular formula is C15H16N2O3. The first-order valence-corrected chi connectivity index (χ1v) is 6.23. The molecule has 0 spiro atoms. The van der Waals surface area contributed by atoms with Crippen LogP contribution in [0, 0.1) is 0 Å². The van der Waals surface area contributed by atoms with Crippen molar-refractivity contribution in [1.82, 2.24) is 10.3 Å². The van der Waals surface area contributed by atoms with E-state index in [0.717, 1.165) is 5.56 Å². The second kappa shape index (κ2) is 5.71. The molecule has 5 nitrogen and oxygen atoms in total. The van der Waals surface area contributed by atoms with Crippen molar-refractivity contribution in [3.05, 3.63) is 70.1 Å². The minimum absolute atomic E-state index is 0.244. The second-order valence-electron chi connectivity index (χ2n) is 4.75. The van der Waals surface area contributed by atoms with E-state index in [1.165, 1.54) is 18.3 Å². The van der Waals surface area contributed by atoms with Crippen LogP contribution in [0.1, 0.15) is 22.8 Å². The standard InChI is InChI=1S/C15H16N2O3/c1-15(10-18,12-5-3-2-4-6-12)17-14(20)11-7-8-16-13(19)9-11/h2-9,18H,10H2,1H3,(H,16,19)(H,17,20). The van der Waals surface area contributed by atoms with Crippen molar-refractivity contribution in [2.75, 3.05) is 6.61 Å². The molecule has 0 radical (unpaired) electrons. The first-order valence-electron chi connectivity index (χ1n) is 6.23. The third-order valence-electron chi connectivity index (χ3n) is 3.15. The molecule has 1 aromatic heterocycles. The maximum absolute atomic E-state index is 12.2. The predicted molar refractivity (Wildman–Crippen MR) is 75.4 cm³/mol. The van der Waals surface area contributed by atoms with Gasteiger partial charge in [-0.2, -0.15) is 0 Å². The van der Waals surface area contributed by atoms with Gasteiger partial charge in [0.2, 0.25) is 5.56 Å². The Labute approximate surface area is 116 Å². The Hall–Kier alpha value is -2.40. The van der Waals surface area contributed by atoms with Gasteiger partial charge in [-0.1, -0.05) is 30.3 Å². The minimum Gasteiger partial charge on any atom is -0.394 e. The van der Waals surface area contributed by atoms with E-state index in [1.54, 1.807) is 6.92 Å². The maximum Gasteiger partial charge on any atom is 0.252 e. The van der Waals surface area contributed by atoms with Crippen LogP contribution in [0.15, 0.2) is 53.5 Å². The van der Waals surface area contributed by atoms with Gasteiger partial charge in [0.05, 0.1) is 12.1 Å². The molecule has 0 saturated heterocycles. The molecule has 1 aromatic carbocycles. The third kappa shape index (κ3) is 2.95. The highest BCUT2D eigenvalue weighted by Gasteiger charge is 2.28. The number of aromatic nitrogens is 1. The van der Waals surface area contributed by atoms with E-state index in [0.29, 0.717) is 0 Å². The Morgan fingerprint density at radius 2 is 2.00 bits per heavy atom. The number of carbonyl (C=O) groups is 1. The Bertz CT molecular complexity index is 651. The Balaban J connectivity index is 2.26. The van der Waals surface area contributed by atoms with Gasteiger partial charge in [-0.05, 0) is 18.6 Å². The van der Waals surface area contributed by atoms with Gasteiger partial charge in [0, 0.05) is 17.8 Å². The summed E-state index contributed by atoms with van der Waals surface area (Å²) in [5.74, 6) is -0.406. The first-order chi connectivity index (χ1) is 9.55. The van der Waals surface area contributed by atoms with Crippen LogP contribution in [0.3, 0.4) is 0 Å². The number of amides is 1. The number of benzene rings is 1. The van der Waals surface area contributed by atoms with Gasteiger partial charge < -0.3 is 15.4 Å². The highest BCUT2D eigenvalue weighted by atomic mass is 16.3. The number of rotatable bonds is 4. The number of carbonyl (C=O) groups excluding carboxylic acids is 1. The fourth-order valence-electron chi connectivity index (χ4n) is 1.92. The van der Waals surface area contributed by atoms with Crippen molar-refractivity contribution in [3.8, 4) is 0 Å². The zero-order valence-corrected chi connectivity index (χ0v) is 11.1. The second-order valence-corrected chi connectivity index (χ2v) is 4.75. The van der Waals surface area contributed by atoms with Crippen LogP contribution in [0.5, 0.6) is 0 Å². The fourth-order valence-corrected chi connectivity index (χ4v) is 1.92. The summed E-state index contributed by atoms with van der Waals surface area (Å²) in [4.78, 5) is 25.8. The quantitative estimate of drug-likeness (QED) is 0.777. The van der Waals surface area contributed by atoms with Crippen LogP contribution in [-0.4, -0.2) is 22.6 Å². The molecule has 0 saturated carbocycles. The molecule has 1 amide bonds. The summed E-state index contributed by atoms with van der Waals surface area (Å²) in [5, 5.41) is 12.4. The summed E-state index contributed by atoms with van der Waals surface area (Å²) < 4.78 is 0. The van der Waals surface area contributed by atoms with Gasteiger partial charge in [-0.3, -0.25) is 9.59 Å². The third-order valence-corrected chi connectivity index (χ3v) is 3.15. The van der Waals surface area contributed by atoms with E-state index >= 15 is 0 Å². The fraction of sp³-hybridized carbons (Fsp3) is 0.200. The van der Waals surface area contributed by atoms with Gasteiger partial charge in [0.1, 0.15) is 0 Å². The van der Waals surface area contributed by atoms with Crippen LogP contribution in [0.4, 0.5) is 0 Å². The van der Waals surface area contributed by atoms with Crippen molar-refractivity contribution in [2.24, 2.45) is 0 Å². The number of aromatic amines is 1. The number of nitrogens with one attached hydrogen (secondary N) is 2. The van der Waals surface area contributed by atoms with Crippen LogP contribution in [0.25, 0.3) is 0 Å². The lowest BCUT2D eigenvalue weighted by molar-refractivity contribution is 0.0849. The average molecular weight is 272 g/mol. The van der Waals surface area contributed by atoms with E-state index < -0.39 is 11.4 Å². The number of hydrogen-bond acceptors (Lipinski definition) is 3. The zero-order valence-electron chi connectivity index (χ0n) is 11.1. The van der Waals surface area contributed by atoms with Gasteiger partial charge in [0.25, 0.3) is 5.91 Å². The highest BCUT2D eigenvalue weighted by Crippen LogP contribution is 2.20. The van der Waals surface area contributed by atoms with Crippen molar-refractivity contribution < 1.29 is 9.90 Å². The van der Waals surface area contributed by atoms with Crippen LogP contribution < -0.4 is 10.9 Å². The maximum atomic E-state index is 12.2. The molecule has 0 aliphatic heterocycles. The highest BCUT2D eigenvalue weighted by molar-refractivity contribution is 5.94. The molecule has 5 heteroatoms. The van der Waals surface area contributed by atoms with Gasteiger partial charge in [-0.15, -0.1) is 0 Å². The summed E-state index contributed by atoms with van der Waals surface area (Å²) in [6.45, 7) is 1.49. The van der Waals surface area contributed by atoms with Crippen molar-refractivity contribution in [3.63, 3.8) is 0 Å². The molecule has 3 N–H and O–H groups in total. The van der Waals surface area contributed by atoms with E-state index in [2.05, 4.69) is 10.3 Å². The van der Waals surface area contributed by atoms with Crippen molar-refractivity contribution in [2.45, 2.75) is 12.5 Å². The van der Waals surface area contributed by atoms with Gasteiger partial charge in [0.15, 0.2) is 0 Å². The Morgan fingerprint density at radius 3 is 2.60 bits per heavy atom. The topological polar surface area (TPSA) is 82.2 Å². The predicted octanol–water partition coefficient (Wildman–Crippen LogP) is 1.01. The molecule has 2 aromatic rings. The molecule has 2 rings (SSSR count). The van der Waals surface area contributed by atoms with Crippen LogP contribution in [-0.2, 0) is 5.54 Å². The van der Waals surface area contributed by atoms with Gasteiger partial charge >= 0.3 is 0 Å². The van der Waals surface area contributed by atoms with E-state index in [4.69, 9.17) is 0 Å². The summed E-state index contributed by atoms with van der Waals surface area (Å²) in [6.07, 6.45) is 1.41. The summed E-state index contributed by atoms with van der Waals surface area (Å²) in [7, 11) is 0. The zero-order chi connectivity index (χ0) is 14.6. The summed E-state index contributed by atoms with van der Waals surface area (Å²) in [6, 6.07) is 11.9. The summed E-state index contributed by atoms with van der Waals surface area (Å²) in [5.41, 5.74) is -0.200. The molecule has 1 unspecified atom stereocenters. The lowest BCUT2D eigenvalue weighted by atomic mass is 9.92. The lowest BCUT2D eigenvalue weighted by Gasteiger charge is -2.29. The molecule has 1 heterocycles. The molecule has 0 aliphatic rings. The SMILES string of the molecule is CC(CO)(NC(=O)c1cc[nH]c(=O)c1)c1ccccc1. The Kier molecular flexibility index (Phi) is 4.00. The molecular weight excluding hydrogens is 256 g/mol. The number of hydrogen-bond donors (Lipinski definition) is 3. The average Bonchev–Trinajstić information content (AvgIpc) is 2.48. The smallest absolute Gasteiger partial charge is 0.252 e. The number of pyridine rings is 1. The minimum atomic E-state index is -0.902. The monoisotopic (exact) mass is 272 g/mol. The van der Waals surface area contributed by atoms with Crippen molar-refractivity contribution >= 4 is 5.91 Å².